The first-order valence-electron chi connectivity index (χ1n) is 15.2. The lowest BCUT2D eigenvalue weighted by Gasteiger charge is -2.53. The molecule has 36 heavy (non-hydrogen) atoms. The molecule has 0 amide bonds. The highest BCUT2D eigenvalue weighted by Crippen LogP contribution is 2.31. The van der Waals surface area contributed by atoms with Gasteiger partial charge in [-0.1, -0.05) is 20.8 Å². The van der Waals surface area contributed by atoms with Crippen LogP contribution in [-0.2, 0) is 0 Å². The molecule has 0 atom stereocenters. The smallest absolute Gasteiger partial charge is 0.0351 e. The summed E-state index contributed by atoms with van der Waals surface area (Å²) in [6.07, 6.45) is 2.57. The van der Waals surface area contributed by atoms with E-state index in [4.69, 9.17) is 0 Å². The minimum absolute atomic E-state index is 0.287. The maximum atomic E-state index is 2.79. The van der Waals surface area contributed by atoms with Gasteiger partial charge in [-0.3, -0.25) is 29.4 Å². The van der Waals surface area contributed by atoms with Gasteiger partial charge in [0.25, 0.3) is 0 Å². The van der Waals surface area contributed by atoms with E-state index in [0.29, 0.717) is 11.5 Å². The third-order valence-corrected chi connectivity index (χ3v) is 9.98. The summed E-state index contributed by atoms with van der Waals surface area (Å²) in [6, 6.07) is 2.30. The van der Waals surface area contributed by atoms with Gasteiger partial charge < -0.3 is 0 Å². The maximum absolute atomic E-state index is 2.79. The molecule has 4 saturated heterocycles. The Morgan fingerprint density at radius 1 is 0.583 bits per heavy atom. The number of likely N-dealkylation sites (tertiary alicyclic amines) is 2. The number of nitrogens with zero attached hydrogens (tertiary/aromatic N) is 6. The van der Waals surface area contributed by atoms with Gasteiger partial charge in [-0.05, 0) is 59.8 Å². The van der Waals surface area contributed by atoms with E-state index in [1.165, 1.54) is 97.9 Å². The Balaban J connectivity index is 1.15. The molecule has 0 aromatic carbocycles. The molecule has 0 aliphatic carbocycles. The summed E-state index contributed by atoms with van der Waals surface area (Å²) in [5.41, 5.74) is 0.994. The molecule has 4 aliphatic heterocycles. The molecule has 4 heterocycles. The molecule has 4 aliphatic rings. The predicted molar refractivity (Wildman–Crippen MR) is 154 cm³/mol. The average molecular weight is 505 g/mol. The van der Waals surface area contributed by atoms with Gasteiger partial charge in [0.15, 0.2) is 0 Å². The van der Waals surface area contributed by atoms with Gasteiger partial charge >= 0.3 is 0 Å². The van der Waals surface area contributed by atoms with Crippen LogP contribution in [0.1, 0.15) is 75.2 Å². The molecule has 4 fully saturated rings. The van der Waals surface area contributed by atoms with Crippen molar-refractivity contribution in [3.8, 4) is 0 Å². The first-order chi connectivity index (χ1) is 16.7. The van der Waals surface area contributed by atoms with Crippen molar-refractivity contribution < 1.29 is 0 Å². The van der Waals surface area contributed by atoms with E-state index < -0.39 is 0 Å². The Bertz CT molecular complexity index is 685. The SMILES string of the molecule is CC(C)N1CC(N2CCN(C(C)(C)CCC(C)(C)N3CCN(C4CN(CC(C)(C)C)C4)CC3)CC2)C1. The minimum Gasteiger partial charge on any atom is -0.300 e. The molecule has 0 bridgehead atoms. The van der Waals surface area contributed by atoms with E-state index >= 15 is 0 Å². The zero-order valence-electron chi connectivity index (χ0n) is 25.5. The van der Waals surface area contributed by atoms with Crippen LogP contribution in [0.4, 0.5) is 0 Å². The van der Waals surface area contributed by atoms with Crippen LogP contribution in [0.5, 0.6) is 0 Å². The van der Waals surface area contributed by atoms with Gasteiger partial charge in [0.05, 0.1) is 0 Å². The van der Waals surface area contributed by atoms with Crippen LogP contribution >= 0.6 is 0 Å². The summed E-state index contributed by atoms with van der Waals surface area (Å²) in [6.45, 7) is 38.0. The van der Waals surface area contributed by atoms with E-state index in [1.807, 2.05) is 0 Å². The molecule has 4 rings (SSSR count). The molecule has 6 nitrogen and oxygen atoms in total. The Morgan fingerprint density at radius 2 is 0.972 bits per heavy atom. The van der Waals surface area contributed by atoms with Crippen molar-refractivity contribution in [3.63, 3.8) is 0 Å². The number of hydrogen-bond acceptors (Lipinski definition) is 6. The third-order valence-electron chi connectivity index (χ3n) is 9.98. The predicted octanol–water partition coefficient (Wildman–Crippen LogP) is 3.38. The lowest BCUT2D eigenvalue weighted by Crippen LogP contribution is -2.66. The molecule has 0 spiro atoms. The minimum atomic E-state index is 0.287. The zero-order valence-corrected chi connectivity index (χ0v) is 25.5. The fourth-order valence-corrected chi connectivity index (χ4v) is 7.03. The second-order valence-electron chi connectivity index (χ2n) is 15.3. The van der Waals surface area contributed by atoms with Crippen molar-refractivity contribution in [1.29, 1.82) is 0 Å². The molecular formula is C30H60N6. The van der Waals surface area contributed by atoms with Crippen molar-refractivity contribution in [3.05, 3.63) is 0 Å². The number of piperazine rings is 2. The summed E-state index contributed by atoms with van der Waals surface area (Å²) in [7, 11) is 0. The molecule has 0 aromatic heterocycles. The number of hydrogen-bond donors (Lipinski definition) is 0. The van der Waals surface area contributed by atoms with Gasteiger partial charge in [0.1, 0.15) is 0 Å². The van der Waals surface area contributed by atoms with Crippen molar-refractivity contribution in [2.24, 2.45) is 5.41 Å². The second kappa shape index (κ2) is 11.1. The summed E-state index contributed by atoms with van der Waals surface area (Å²) in [5, 5.41) is 0. The van der Waals surface area contributed by atoms with Crippen LogP contribution in [0.3, 0.4) is 0 Å². The average Bonchev–Trinajstić information content (AvgIpc) is 2.73. The maximum Gasteiger partial charge on any atom is 0.0351 e. The third kappa shape index (κ3) is 7.04. The molecule has 0 unspecified atom stereocenters. The fraction of sp³-hybridized carbons (Fsp3) is 1.00. The highest BCUT2D eigenvalue weighted by Gasteiger charge is 2.40. The Labute approximate surface area is 224 Å². The van der Waals surface area contributed by atoms with Crippen molar-refractivity contribution in [1.82, 2.24) is 29.4 Å². The highest BCUT2D eigenvalue weighted by molar-refractivity contribution is 4.97. The number of rotatable bonds is 9. The molecular weight excluding hydrogens is 444 g/mol. The molecule has 0 saturated carbocycles. The normalized spacial score (nSPS) is 26.5. The quantitative estimate of drug-likeness (QED) is 0.476. The first kappa shape index (κ1) is 28.8. The molecule has 0 aromatic rings. The largest absolute Gasteiger partial charge is 0.300 e. The Kier molecular flexibility index (Phi) is 8.86. The van der Waals surface area contributed by atoms with Crippen LogP contribution in [0.2, 0.25) is 0 Å². The second-order valence-corrected chi connectivity index (χ2v) is 15.3. The van der Waals surface area contributed by atoms with Crippen LogP contribution in [0, 0.1) is 5.41 Å². The molecule has 0 radical (unpaired) electrons. The summed E-state index contributed by atoms with van der Waals surface area (Å²) < 4.78 is 0. The summed E-state index contributed by atoms with van der Waals surface area (Å²) in [5.74, 6) is 0. The van der Waals surface area contributed by atoms with Gasteiger partial charge in [0.2, 0.25) is 0 Å². The van der Waals surface area contributed by atoms with Crippen molar-refractivity contribution in [2.75, 3.05) is 85.1 Å². The van der Waals surface area contributed by atoms with Gasteiger partial charge in [-0.25, -0.2) is 0 Å². The molecule has 210 valence electrons. The topological polar surface area (TPSA) is 19.4 Å². The molecule has 6 heteroatoms. The van der Waals surface area contributed by atoms with Gasteiger partial charge in [0, 0.05) is 114 Å². The van der Waals surface area contributed by atoms with E-state index in [2.05, 4.69) is 91.7 Å². The summed E-state index contributed by atoms with van der Waals surface area (Å²) >= 11 is 0. The Hall–Kier alpha value is -0.240. The standard InChI is InChI=1S/C30H60N6/c1-25(2)34-22-27(23-34)33-14-18-36(19-15-33)30(8,9)11-10-29(6,7)35-16-12-32(13-17-35)26-20-31(21-26)24-28(3,4)5/h25-27H,10-24H2,1-9H3. The fourth-order valence-electron chi connectivity index (χ4n) is 7.03. The van der Waals surface area contributed by atoms with Gasteiger partial charge in [-0.15, -0.1) is 0 Å². The van der Waals surface area contributed by atoms with Crippen LogP contribution in [0.15, 0.2) is 0 Å². The first-order valence-corrected chi connectivity index (χ1v) is 15.2. The monoisotopic (exact) mass is 504 g/mol. The van der Waals surface area contributed by atoms with Crippen LogP contribution in [0.25, 0.3) is 0 Å². The highest BCUT2D eigenvalue weighted by atomic mass is 15.4. The Morgan fingerprint density at radius 3 is 1.33 bits per heavy atom. The van der Waals surface area contributed by atoms with E-state index in [-0.39, 0.29) is 11.1 Å². The van der Waals surface area contributed by atoms with E-state index in [0.717, 1.165) is 12.1 Å². The van der Waals surface area contributed by atoms with Crippen LogP contribution in [-0.4, -0.2) is 144 Å². The lowest BCUT2D eigenvalue weighted by atomic mass is 9.86. The van der Waals surface area contributed by atoms with Crippen molar-refractivity contribution in [2.45, 2.75) is 104 Å². The van der Waals surface area contributed by atoms with E-state index in [1.54, 1.807) is 0 Å². The summed E-state index contributed by atoms with van der Waals surface area (Å²) in [4.78, 5) is 16.4. The van der Waals surface area contributed by atoms with Crippen molar-refractivity contribution >= 4 is 0 Å². The lowest BCUT2D eigenvalue weighted by molar-refractivity contribution is -0.0389. The molecule has 0 N–H and O–H groups in total. The van der Waals surface area contributed by atoms with Gasteiger partial charge in [-0.2, -0.15) is 0 Å². The van der Waals surface area contributed by atoms with Crippen LogP contribution < -0.4 is 0 Å². The zero-order chi connectivity index (χ0) is 26.3. The van der Waals surface area contributed by atoms with E-state index in [9.17, 15) is 0 Å².